The van der Waals surface area contributed by atoms with Crippen molar-refractivity contribution in [3.63, 3.8) is 0 Å². The number of rotatable bonds is 10. The highest BCUT2D eigenvalue weighted by Gasteiger charge is 2.24. The van der Waals surface area contributed by atoms with Crippen molar-refractivity contribution in [1.82, 2.24) is 5.32 Å². The molecule has 0 aliphatic carbocycles. The highest BCUT2D eigenvalue weighted by atomic mass is 16.5. The first-order chi connectivity index (χ1) is 12.9. The van der Waals surface area contributed by atoms with Gasteiger partial charge in [-0.3, -0.25) is 9.59 Å². The van der Waals surface area contributed by atoms with E-state index in [1.165, 1.54) is 14.2 Å². The third kappa shape index (κ3) is 6.11. The van der Waals surface area contributed by atoms with E-state index in [0.29, 0.717) is 30.3 Å². The van der Waals surface area contributed by atoms with Gasteiger partial charge in [0.15, 0.2) is 11.5 Å². The molecule has 1 fully saturated rings. The number of carboxylic acids is 1. The molecule has 1 amide bonds. The minimum absolute atomic E-state index is 0.0147. The van der Waals surface area contributed by atoms with Gasteiger partial charge in [-0.05, 0) is 37.5 Å². The van der Waals surface area contributed by atoms with E-state index in [2.05, 4.69) is 5.32 Å². The van der Waals surface area contributed by atoms with Crippen LogP contribution in [-0.4, -0.2) is 56.6 Å². The van der Waals surface area contributed by atoms with Crippen molar-refractivity contribution in [1.29, 1.82) is 0 Å². The van der Waals surface area contributed by atoms with Crippen LogP contribution < -0.4 is 14.8 Å². The van der Waals surface area contributed by atoms with Crippen LogP contribution in [0.5, 0.6) is 11.5 Å². The molecule has 8 heteroatoms. The van der Waals surface area contributed by atoms with Crippen molar-refractivity contribution >= 4 is 11.9 Å². The van der Waals surface area contributed by atoms with Crippen molar-refractivity contribution < 1.29 is 33.6 Å². The number of amides is 1. The van der Waals surface area contributed by atoms with Crippen LogP contribution in [0.1, 0.15) is 37.8 Å². The highest BCUT2D eigenvalue weighted by Crippen LogP contribution is 2.31. The largest absolute Gasteiger partial charge is 0.493 e. The summed E-state index contributed by atoms with van der Waals surface area (Å²) >= 11 is 0. The molecule has 0 bridgehead atoms. The molecule has 1 saturated heterocycles. The fourth-order valence-corrected chi connectivity index (χ4v) is 2.89. The van der Waals surface area contributed by atoms with Crippen LogP contribution >= 0.6 is 0 Å². The first kappa shape index (κ1) is 21.0. The molecule has 3 unspecified atom stereocenters. The van der Waals surface area contributed by atoms with Crippen LogP contribution in [0.25, 0.3) is 0 Å². The molecule has 8 nitrogen and oxygen atoms in total. The maximum Gasteiger partial charge on any atom is 0.305 e. The van der Waals surface area contributed by atoms with E-state index < -0.39 is 18.1 Å². The molecule has 0 radical (unpaired) electrons. The molecular formula is C19H27NO7. The third-order valence-electron chi connectivity index (χ3n) is 4.43. The molecule has 0 spiro atoms. The summed E-state index contributed by atoms with van der Waals surface area (Å²) in [5, 5.41) is 12.0. The molecule has 1 heterocycles. The Kier molecular flexibility index (Phi) is 7.87. The second-order valence-corrected chi connectivity index (χ2v) is 6.38. The molecule has 1 aliphatic rings. The van der Waals surface area contributed by atoms with Gasteiger partial charge in [0.2, 0.25) is 5.91 Å². The number of ether oxygens (including phenoxy) is 4. The third-order valence-corrected chi connectivity index (χ3v) is 4.43. The van der Waals surface area contributed by atoms with E-state index in [4.69, 9.17) is 18.9 Å². The predicted molar refractivity (Wildman–Crippen MR) is 97.1 cm³/mol. The van der Waals surface area contributed by atoms with Gasteiger partial charge >= 0.3 is 5.97 Å². The van der Waals surface area contributed by atoms with Crippen LogP contribution in [0, 0.1) is 0 Å². The molecule has 150 valence electrons. The van der Waals surface area contributed by atoms with Gasteiger partial charge in [0, 0.05) is 6.61 Å². The first-order valence-electron chi connectivity index (χ1n) is 8.92. The van der Waals surface area contributed by atoms with Gasteiger partial charge in [-0.15, -0.1) is 0 Å². The Morgan fingerprint density at radius 2 is 2.04 bits per heavy atom. The van der Waals surface area contributed by atoms with Gasteiger partial charge in [-0.1, -0.05) is 6.07 Å². The van der Waals surface area contributed by atoms with E-state index in [-0.39, 0.29) is 18.4 Å². The Morgan fingerprint density at radius 3 is 2.63 bits per heavy atom. The summed E-state index contributed by atoms with van der Waals surface area (Å²) in [5.41, 5.74) is 0.606. The summed E-state index contributed by atoms with van der Waals surface area (Å²) < 4.78 is 21.5. The minimum Gasteiger partial charge on any atom is -0.493 e. The molecule has 2 N–H and O–H groups in total. The fraction of sp³-hybridized carbons (Fsp3) is 0.579. The van der Waals surface area contributed by atoms with Crippen LogP contribution in [-0.2, 0) is 19.1 Å². The van der Waals surface area contributed by atoms with Gasteiger partial charge in [-0.25, -0.2) is 0 Å². The van der Waals surface area contributed by atoms with Crippen molar-refractivity contribution in [2.75, 3.05) is 27.4 Å². The van der Waals surface area contributed by atoms with Crippen LogP contribution in [0.3, 0.4) is 0 Å². The smallest absolute Gasteiger partial charge is 0.305 e. The number of methoxy groups -OCH3 is 2. The molecule has 1 aliphatic heterocycles. The van der Waals surface area contributed by atoms with Crippen molar-refractivity contribution in [3.05, 3.63) is 23.8 Å². The lowest BCUT2D eigenvalue weighted by molar-refractivity contribution is -0.138. The van der Waals surface area contributed by atoms with E-state index in [1.807, 2.05) is 0 Å². The summed E-state index contributed by atoms with van der Waals surface area (Å²) in [4.78, 5) is 23.7. The highest BCUT2D eigenvalue weighted by molar-refractivity contribution is 5.81. The summed E-state index contributed by atoms with van der Waals surface area (Å²) in [6.45, 7) is 2.69. The number of hydrogen-bond donors (Lipinski definition) is 2. The lowest BCUT2D eigenvalue weighted by Gasteiger charge is -2.22. The molecule has 0 aromatic heterocycles. The maximum absolute atomic E-state index is 12.5. The molecule has 1 aromatic rings. The summed E-state index contributed by atoms with van der Waals surface area (Å²) in [6, 6.07) is 4.31. The van der Waals surface area contributed by atoms with Crippen molar-refractivity contribution in [3.8, 4) is 11.5 Å². The van der Waals surface area contributed by atoms with Gasteiger partial charge in [0.05, 0.1) is 39.4 Å². The normalized spacial score (nSPS) is 18.6. The Bertz CT molecular complexity index is 643. The van der Waals surface area contributed by atoms with E-state index in [0.717, 1.165) is 12.8 Å². The fourth-order valence-electron chi connectivity index (χ4n) is 2.89. The SMILES string of the molecule is COc1ccc(C(CC(=O)O)NC(=O)C(C)OCC2CCCO2)cc1OC. The predicted octanol–water partition coefficient (Wildman–Crippen LogP) is 1.92. The summed E-state index contributed by atoms with van der Waals surface area (Å²) in [7, 11) is 3.01. The lowest BCUT2D eigenvalue weighted by Crippen LogP contribution is -2.39. The number of benzene rings is 1. The quantitative estimate of drug-likeness (QED) is 0.638. The number of aliphatic carboxylic acids is 1. The standard InChI is InChI=1S/C19H27NO7/c1-12(27-11-14-5-4-8-26-14)19(23)20-15(10-18(21)22)13-6-7-16(24-2)17(9-13)25-3/h6-7,9,12,14-15H,4-5,8,10-11H2,1-3H3,(H,20,23)(H,21,22). The zero-order valence-corrected chi connectivity index (χ0v) is 15.9. The topological polar surface area (TPSA) is 103 Å². The number of carbonyl (C=O) groups excluding carboxylic acids is 1. The van der Waals surface area contributed by atoms with Crippen LogP contribution in [0.4, 0.5) is 0 Å². The summed E-state index contributed by atoms with van der Waals surface area (Å²) in [6.07, 6.45) is 0.946. The summed E-state index contributed by atoms with van der Waals surface area (Å²) in [5.74, 6) is -0.422. The maximum atomic E-state index is 12.5. The lowest BCUT2D eigenvalue weighted by atomic mass is 10.0. The Morgan fingerprint density at radius 1 is 1.30 bits per heavy atom. The Hall–Kier alpha value is -2.32. The Balaban J connectivity index is 2.04. The molecule has 0 saturated carbocycles. The van der Waals surface area contributed by atoms with Crippen molar-refractivity contribution in [2.45, 2.75) is 44.4 Å². The minimum atomic E-state index is -1.02. The Labute approximate surface area is 158 Å². The second kappa shape index (κ2) is 10.1. The van der Waals surface area contributed by atoms with Gasteiger partial charge < -0.3 is 29.4 Å². The number of nitrogens with one attached hydrogen (secondary N) is 1. The molecule has 3 atom stereocenters. The van der Waals surface area contributed by atoms with Crippen LogP contribution in [0.15, 0.2) is 18.2 Å². The molecule has 1 aromatic carbocycles. The number of carbonyl (C=O) groups is 2. The zero-order valence-electron chi connectivity index (χ0n) is 15.9. The van der Waals surface area contributed by atoms with E-state index in [9.17, 15) is 14.7 Å². The van der Waals surface area contributed by atoms with Gasteiger partial charge in [0.1, 0.15) is 6.10 Å². The van der Waals surface area contributed by atoms with Crippen molar-refractivity contribution in [2.24, 2.45) is 0 Å². The van der Waals surface area contributed by atoms with E-state index in [1.54, 1.807) is 25.1 Å². The average Bonchev–Trinajstić information content (AvgIpc) is 3.18. The second-order valence-electron chi connectivity index (χ2n) is 6.38. The van der Waals surface area contributed by atoms with Gasteiger partial charge in [-0.2, -0.15) is 0 Å². The first-order valence-corrected chi connectivity index (χ1v) is 8.92. The zero-order chi connectivity index (χ0) is 19.8. The number of hydrogen-bond acceptors (Lipinski definition) is 6. The number of carboxylic acid groups (broad SMARTS) is 1. The van der Waals surface area contributed by atoms with E-state index >= 15 is 0 Å². The average molecular weight is 381 g/mol. The molecule has 27 heavy (non-hydrogen) atoms. The van der Waals surface area contributed by atoms with Gasteiger partial charge in [0.25, 0.3) is 0 Å². The molecular weight excluding hydrogens is 354 g/mol. The molecule has 2 rings (SSSR count). The van der Waals surface area contributed by atoms with Crippen LogP contribution in [0.2, 0.25) is 0 Å². The monoisotopic (exact) mass is 381 g/mol.